The summed E-state index contributed by atoms with van der Waals surface area (Å²) >= 11 is 0. The first-order chi connectivity index (χ1) is 6.65. The summed E-state index contributed by atoms with van der Waals surface area (Å²) in [5.41, 5.74) is 1.89. The van der Waals surface area contributed by atoms with Crippen molar-refractivity contribution >= 4 is 5.97 Å². The number of imidazole rings is 1. The summed E-state index contributed by atoms with van der Waals surface area (Å²) < 4.78 is 1.95. The van der Waals surface area contributed by atoms with Crippen molar-refractivity contribution in [1.82, 2.24) is 9.55 Å². The van der Waals surface area contributed by atoms with Crippen LogP contribution in [0, 0.1) is 0 Å². The van der Waals surface area contributed by atoms with Crippen LogP contribution in [0.4, 0.5) is 0 Å². The van der Waals surface area contributed by atoms with Crippen molar-refractivity contribution in [3.05, 3.63) is 17.2 Å². The summed E-state index contributed by atoms with van der Waals surface area (Å²) in [7, 11) is 1.91. The van der Waals surface area contributed by atoms with E-state index in [2.05, 4.69) is 4.98 Å². The molecule has 0 saturated heterocycles. The van der Waals surface area contributed by atoms with Gasteiger partial charge in [-0.1, -0.05) is 6.92 Å². The number of rotatable bonds is 2. The fraction of sp³-hybridized carbons (Fsp3) is 0.600. The zero-order valence-electron chi connectivity index (χ0n) is 8.45. The molecule has 1 aliphatic rings. The average molecular weight is 194 g/mol. The second-order valence-electron chi connectivity index (χ2n) is 3.70. The van der Waals surface area contributed by atoms with Crippen LogP contribution < -0.4 is 0 Å². The van der Waals surface area contributed by atoms with Crippen LogP contribution in [0.25, 0.3) is 0 Å². The molecule has 0 radical (unpaired) electrons. The Morgan fingerprint density at radius 3 is 3.00 bits per heavy atom. The van der Waals surface area contributed by atoms with E-state index in [1.165, 1.54) is 0 Å². The predicted molar refractivity (Wildman–Crippen MR) is 51.3 cm³/mol. The molecule has 2 rings (SSSR count). The summed E-state index contributed by atoms with van der Waals surface area (Å²) in [5.74, 6) is -0.0850. The Morgan fingerprint density at radius 1 is 1.71 bits per heavy atom. The Bertz CT molecular complexity index is 382. The molecule has 1 N–H and O–H groups in total. The van der Waals surface area contributed by atoms with Crippen molar-refractivity contribution < 1.29 is 9.90 Å². The number of hydrogen-bond acceptors (Lipinski definition) is 2. The highest BCUT2D eigenvalue weighted by molar-refractivity contribution is 5.76. The van der Waals surface area contributed by atoms with Gasteiger partial charge in [-0.15, -0.1) is 0 Å². The third-order valence-electron chi connectivity index (χ3n) is 2.92. The van der Waals surface area contributed by atoms with Crippen molar-refractivity contribution in [1.29, 1.82) is 0 Å². The minimum atomic E-state index is -0.727. The lowest BCUT2D eigenvalue weighted by atomic mass is 10.1. The summed E-state index contributed by atoms with van der Waals surface area (Å²) in [6.45, 7) is 2.03. The van der Waals surface area contributed by atoms with Gasteiger partial charge in [-0.05, 0) is 12.8 Å². The Kier molecular flexibility index (Phi) is 2.06. The molecule has 76 valence electrons. The Morgan fingerprint density at radius 2 is 2.43 bits per heavy atom. The van der Waals surface area contributed by atoms with Gasteiger partial charge in [0.25, 0.3) is 0 Å². The second kappa shape index (κ2) is 3.12. The zero-order chi connectivity index (χ0) is 10.3. The summed E-state index contributed by atoms with van der Waals surface area (Å²) in [6.07, 6.45) is 2.36. The van der Waals surface area contributed by atoms with Crippen LogP contribution >= 0.6 is 0 Å². The second-order valence-corrected chi connectivity index (χ2v) is 3.70. The molecule has 1 aromatic rings. The minimum Gasteiger partial charge on any atom is -0.481 e. The third-order valence-corrected chi connectivity index (χ3v) is 2.92. The largest absolute Gasteiger partial charge is 0.481 e. The number of aryl methyl sites for hydroxylation is 2. The normalized spacial score (nSPS) is 19.7. The maximum absolute atomic E-state index is 11.0. The molecule has 4 heteroatoms. The number of carbonyl (C=O) groups is 1. The number of aliphatic carboxylic acids is 1. The van der Waals surface area contributed by atoms with Crippen LogP contribution in [0.2, 0.25) is 0 Å². The van der Waals surface area contributed by atoms with E-state index in [0.29, 0.717) is 6.42 Å². The van der Waals surface area contributed by atoms with Crippen molar-refractivity contribution in [2.24, 2.45) is 7.05 Å². The smallest absolute Gasteiger partial charge is 0.312 e. The van der Waals surface area contributed by atoms with Gasteiger partial charge in [0.05, 0.1) is 17.3 Å². The highest BCUT2D eigenvalue weighted by Crippen LogP contribution is 2.33. The van der Waals surface area contributed by atoms with Crippen molar-refractivity contribution in [3.8, 4) is 0 Å². The lowest BCUT2D eigenvalue weighted by Crippen LogP contribution is -2.12. The monoisotopic (exact) mass is 194 g/mol. The van der Waals surface area contributed by atoms with Crippen molar-refractivity contribution in [2.75, 3.05) is 0 Å². The molecule has 1 heterocycles. The molecular formula is C10H14N2O2. The molecule has 1 atom stereocenters. The van der Waals surface area contributed by atoms with E-state index < -0.39 is 5.97 Å². The molecule has 0 fully saturated rings. The van der Waals surface area contributed by atoms with Crippen molar-refractivity contribution in [2.45, 2.75) is 32.1 Å². The maximum atomic E-state index is 11.0. The lowest BCUT2D eigenvalue weighted by Gasteiger charge is -2.08. The molecule has 1 aromatic heterocycles. The molecule has 1 aliphatic carbocycles. The highest BCUT2D eigenvalue weighted by Gasteiger charge is 2.33. The number of carboxylic acid groups (broad SMARTS) is 1. The van der Waals surface area contributed by atoms with E-state index in [1.807, 2.05) is 18.5 Å². The van der Waals surface area contributed by atoms with Gasteiger partial charge in [0.15, 0.2) is 0 Å². The summed E-state index contributed by atoms with van der Waals surface area (Å²) in [5, 5.41) is 9.03. The SMILES string of the molecule is CCc1nc2c(n1C)C(C(=O)O)CC2. The quantitative estimate of drug-likeness (QED) is 0.767. The van der Waals surface area contributed by atoms with Crippen LogP contribution in [-0.2, 0) is 24.7 Å². The molecule has 0 aliphatic heterocycles. The number of carboxylic acids is 1. The Hall–Kier alpha value is -1.32. The van der Waals surface area contributed by atoms with E-state index in [9.17, 15) is 4.79 Å². The van der Waals surface area contributed by atoms with Gasteiger partial charge >= 0.3 is 5.97 Å². The van der Waals surface area contributed by atoms with Gasteiger partial charge in [-0.25, -0.2) is 4.98 Å². The topological polar surface area (TPSA) is 55.1 Å². The lowest BCUT2D eigenvalue weighted by molar-refractivity contribution is -0.138. The average Bonchev–Trinajstić information content (AvgIpc) is 2.66. The summed E-state index contributed by atoms with van der Waals surface area (Å²) in [6, 6.07) is 0. The number of fused-ring (bicyclic) bond motifs is 1. The number of nitrogens with zero attached hydrogens (tertiary/aromatic N) is 2. The molecule has 0 amide bonds. The first kappa shape index (κ1) is 9.24. The van der Waals surface area contributed by atoms with E-state index >= 15 is 0 Å². The molecule has 0 spiro atoms. The van der Waals surface area contributed by atoms with Gasteiger partial charge in [0, 0.05) is 13.5 Å². The molecule has 1 unspecified atom stereocenters. The molecule has 4 nitrogen and oxygen atoms in total. The van der Waals surface area contributed by atoms with E-state index in [1.54, 1.807) is 0 Å². The standard InChI is InChI=1S/C10H14N2O2/c1-3-8-11-7-5-4-6(10(13)14)9(7)12(8)2/h6H,3-5H2,1-2H3,(H,13,14). The first-order valence-electron chi connectivity index (χ1n) is 4.92. The van der Waals surface area contributed by atoms with Gasteiger partial charge in [-0.3, -0.25) is 4.79 Å². The molecule has 0 saturated carbocycles. The van der Waals surface area contributed by atoms with Crippen molar-refractivity contribution in [3.63, 3.8) is 0 Å². The molecule has 0 aromatic carbocycles. The minimum absolute atomic E-state index is 0.345. The maximum Gasteiger partial charge on any atom is 0.312 e. The predicted octanol–water partition coefficient (Wildman–Crippen LogP) is 1.10. The molecule has 14 heavy (non-hydrogen) atoms. The fourth-order valence-electron chi connectivity index (χ4n) is 2.21. The first-order valence-corrected chi connectivity index (χ1v) is 4.92. The fourth-order valence-corrected chi connectivity index (χ4v) is 2.21. The highest BCUT2D eigenvalue weighted by atomic mass is 16.4. The van der Waals surface area contributed by atoms with Gasteiger partial charge < -0.3 is 9.67 Å². The Labute approximate surface area is 82.6 Å². The van der Waals surface area contributed by atoms with Crippen LogP contribution in [0.1, 0.15) is 36.5 Å². The van der Waals surface area contributed by atoms with Gasteiger partial charge in [0.2, 0.25) is 0 Å². The summed E-state index contributed by atoms with van der Waals surface area (Å²) in [4.78, 5) is 15.4. The van der Waals surface area contributed by atoms with Gasteiger partial charge in [0.1, 0.15) is 5.82 Å². The molecule has 0 bridgehead atoms. The molecular weight excluding hydrogens is 180 g/mol. The van der Waals surface area contributed by atoms with Crippen LogP contribution in [0.15, 0.2) is 0 Å². The van der Waals surface area contributed by atoms with Crippen LogP contribution in [0.5, 0.6) is 0 Å². The third kappa shape index (κ3) is 1.14. The van der Waals surface area contributed by atoms with E-state index in [-0.39, 0.29) is 5.92 Å². The number of hydrogen-bond donors (Lipinski definition) is 1. The van der Waals surface area contributed by atoms with E-state index in [0.717, 1.165) is 30.1 Å². The Balaban J connectivity index is 2.47. The van der Waals surface area contributed by atoms with E-state index in [4.69, 9.17) is 5.11 Å². The zero-order valence-corrected chi connectivity index (χ0v) is 8.45. The van der Waals surface area contributed by atoms with Gasteiger partial charge in [-0.2, -0.15) is 0 Å². The van der Waals surface area contributed by atoms with Crippen LogP contribution in [-0.4, -0.2) is 20.6 Å². The van der Waals surface area contributed by atoms with Crippen LogP contribution in [0.3, 0.4) is 0 Å². The number of aromatic nitrogens is 2.